The fraction of sp³-hybridized carbons (Fsp3) is 0.500. The second-order valence-electron chi connectivity index (χ2n) is 10.8. The summed E-state index contributed by atoms with van der Waals surface area (Å²) in [5, 5.41) is 1.86. The van der Waals surface area contributed by atoms with Crippen molar-refractivity contribution >= 4 is 28.6 Å². The molecule has 2 heterocycles. The Bertz CT molecular complexity index is 1200. The highest BCUT2D eigenvalue weighted by Crippen LogP contribution is 2.57. The van der Waals surface area contributed by atoms with Crippen LogP contribution in [0.2, 0.25) is 0 Å². The van der Waals surface area contributed by atoms with Crippen molar-refractivity contribution in [2.75, 3.05) is 13.7 Å². The van der Waals surface area contributed by atoms with Crippen molar-refractivity contribution in [3.63, 3.8) is 0 Å². The quantitative estimate of drug-likeness (QED) is 0.409. The molecule has 1 aromatic carbocycles. The third kappa shape index (κ3) is 5.08. The summed E-state index contributed by atoms with van der Waals surface area (Å²) in [6.07, 6.45) is 3.07. The maximum atomic E-state index is 13.5. The van der Waals surface area contributed by atoms with Gasteiger partial charge in [0.2, 0.25) is 5.88 Å². The van der Waals surface area contributed by atoms with Crippen LogP contribution in [0.15, 0.2) is 43.1 Å². The van der Waals surface area contributed by atoms with Crippen molar-refractivity contribution in [3.8, 4) is 5.88 Å². The van der Waals surface area contributed by atoms with E-state index in [9.17, 15) is 14.4 Å². The summed E-state index contributed by atoms with van der Waals surface area (Å²) in [5.41, 5.74) is -0.517. The molecule has 0 bridgehead atoms. The number of hydrogen-bond donors (Lipinski definition) is 0. The summed E-state index contributed by atoms with van der Waals surface area (Å²) in [7, 11) is 1.32. The van der Waals surface area contributed by atoms with Gasteiger partial charge in [-0.2, -0.15) is 0 Å². The molecule has 2 aromatic rings. The molecule has 2 fully saturated rings. The van der Waals surface area contributed by atoms with Gasteiger partial charge >= 0.3 is 12.1 Å². The van der Waals surface area contributed by atoms with Gasteiger partial charge in [-0.1, -0.05) is 23.8 Å². The standard InChI is InChI=1S/C28H34N2O6/c1-7-19-14-28(19,25(32)34-6)15-23(31)22-13-20(16-30(22)26(33)36-27(3,4)5)35-24-21-9-8-17(2)12-18(21)10-11-29-24/h7-12,19-20,22H,1,13-16H2,2-6H3/t19-,20-,22+,28-/m1/s1. The highest BCUT2D eigenvalue weighted by atomic mass is 16.6. The maximum absolute atomic E-state index is 13.5. The molecule has 4 rings (SSSR count). The molecule has 1 aliphatic heterocycles. The zero-order valence-corrected chi connectivity index (χ0v) is 21.6. The molecule has 2 aliphatic rings. The molecule has 0 spiro atoms. The van der Waals surface area contributed by atoms with E-state index in [4.69, 9.17) is 14.2 Å². The van der Waals surface area contributed by atoms with E-state index in [1.807, 2.05) is 25.1 Å². The molecule has 1 amide bonds. The Balaban J connectivity index is 1.58. The molecule has 1 saturated heterocycles. The lowest BCUT2D eigenvalue weighted by Crippen LogP contribution is -2.44. The average Bonchev–Trinajstić information content (AvgIpc) is 3.36. The van der Waals surface area contributed by atoms with E-state index in [1.54, 1.807) is 33.0 Å². The van der Waals surface area contributed by atoms with Gasteiger partial charge in [0, 0.05) is 24.4 Å². The summed E-state index contributed by atoms with van der Waals surface area (Å²) in [5.74, 6) is -0.316. The lowest BCUT2D eigenvalue weighted by molar-refractivity contribution is -0.149. The fourth-order valence-electron chi connectivity index (χ4n) is 5.02. The first-order valence-corrected chi connectivity index (χ1v) is 12.2. The lowest BCUT2D eigenvalue weighted by Gasteiger charge is -2.28. The summed E-state index contributed by atoms with van der Waals surface area (Å²) in [6.45, 7) is 11.3. The number of ketones is 1. The summed E-state index contributed by atoms with van der Waals surface area (Å²) < 4.78 is 16.8. The maximum Gasteiger partial charge on any atom is 0.411 e. The minimum Gasteiger partial charge on any atom is -0.472 e. The Hall–Kier alpha value is -3.42. The van der Waals surface area contributed by atoms with Crippen molar-refractivity contribution in [1.82, 2.24) is 9.88 Å². The third-order valence-electron chi connectivity index (χ3n) is 6.92. The smallest absolute Gasteiger partial charge is 0.411 e. The van der Waals surface area contributed by atoms with Gasteiger partial charge in [0.15, 0.2) is 5.78 Å². The number of rotatable bonds is 7. The van der Waals surface area contributed by atoms with Crippen LogP contribution in [0.25, 0.3) is 10.8 Å². The van der Waals surface area contributed by atoms with Gasteiger partial charge in [-0.25, -0.2) is 9.78 Å². The van der Waals surface area contributed by atoms with E-state index >= 15 is 0 Å². The first-order chi connectivity index (χ1) is 17.0. The van der Waals surface area contributed by atoms with E-state index in [0.717, 1.165) is 16.3 Å². The molecule has 192 valence electrons. The molecule has 0 N–H and O–H groups in total. The second-order valence-corrected chi connectivity index (χ2v) is 10.8. The zero-order chi connectivity index (χ0) is 26.3. The summed E-state index contributed by atoms with van der Waals surface area (Å²) in [4.78, 5) is 45.0. The monoisotopic (exact) mass is 494 g/mol. The van der Waals surface area contributed by atoms with Crippen molar-refractivity contribution in [3.05, 3.63) is 48.7 Å². The molecule has 1 aliphatic carbocycles. The Labute approximate surface area is 211 Å². The van der Waals surface area contributed by atoms with Gasteiger partial charge in [-0.3, -0.25) is 14.5 Å². The Morgan fingerprint density at radius 1 is 1.25 bits per heavy atom. The summed E-state index contributed by atoms with van der Waals surface area (Å²) in [6, 6.07) is 7.13. The number of carbonyl (C=O) groups excluding carboxylic acids is 3. The first kappa shape index (κ1) is 25.7. The molecule has 1 aromatic heterocycles. The van der Waals surface area contributed by atoms with Gasteiger partial charge < -0.3 is 14.2 Å². The van der Waals surface area contributed by atoms with E-state index in [0.29, 0.717) is 12.3 Å². The zero-order valence-electron chi connectivity index (χ0n) is 21.6. The molecule has 0 unspecified atom stereocenters. The lowest BCUT2D eigenvalue weighted by atomic mass is 9.92. The number of likely N-dealkylation sites (tertiary alicyclic amines) is 1. The Kier molecular flexibility index (Phi) is 6.82. The van der Waals surface area contributed by atoms with Crippen molar-refractivity contribution in [1.29, 1.82) is 0 Å². The van der Waals surface area contributed by atoms with Crippen LogP contribution in [0.1, 0.15) is 45.6 Å². The third-order valence-corrected chi connectivity index (χ3v) is 6.92. The highest BCUT2D eigenvalue weighted by molar-refractivity contribution is 5.94. The fourth-order valence-corrected chi connectivity index (χ4v) is 5.02. The van der Waals surface area contributed by atoms with Gasteiger partial charge in [0.05, 0.1) is 25.1 Å². The number of carbonyl (C=O) groups is 3. The van der Waals surface area contributed by atoms with Crippen LogP contribution in [0.5, 0.6) is 5.88 Å². The van der Waals surface area contributed by atoms with Crippen LogP contribution in [0, 0.1) is 18.3 Å². The predicted molar refractivity (Wildman–Crippen MR) is 135 cm³/mol. The average molecular weight is 495 g/mol. The molecular formula is C28H34N2O6. The molecule has 36 heavy (non-hydrogen) atoms. The van der Waals surface area contributed by atoms with Crippen molar-refractivity contribution in [2.45, 2.75) is 64.7 Å². The van der Waals surface area contributed by atoms with E-state index in [2.05, 4.69) is 17.6 Å². The number of esters is 1. The topological polar surface area (TPSA) is 95.0 Å². The SMILES string of the molecule is C=C[C@@H]1C[C@]1(CC(=O)[C@@H]1C[C@@H](Oc2nccc3cc(C)ccc23)CN1C(=O)OC(C)(C)C)C(=O)OC. The number of aromatic nitrogens is 1. The van der Waals surface area contributed by atoms with Crippen LogP contribution >= 0.6 is 0 Å². The number of hydrogen-bond acceptors (Lipinski definition) is 7. The predicted octanol–water partition coefficient (Wildman–Crippen LogP) is 4.62. The number of fused-ring (bicyclic) bond motifs is 1. The van der Waals surface area contributed by atoms with Crippen LogP contribution in [-0.2, 0) is 19.1 Å². The van der Waals surface area contributed by atoms with E-state index < -0.39 is 35.2 Å². The molecule has 4 atom stereocenters. The van der Waals surface area contributed by atoms with Gasteiger partial charge in [0.25, 0.3) is 0 Å². The minimum atomic E-state index is -0.915. The molecule has 0 radical (unpaired) electrons. The van der Waals surface area contributed by atoms with E-state index in [-0.39, 0.29) is 31.1 Å². The minimum absolute atomic E-state index is 0.0289. The van der Waals surface area contributed by atoms with Crippen molar-refractivity contribution < 1.29 is 28.6 Å². The number of ether oxygens (including phenoxy) is 3. The number of pyridine rings is 1. The van der Waals surface area contributed by atoms with Crippen LogP contribution < -0.4 is 4.74 Å². The molecule has 8 heteroatoms. The molecule has 8 nitrogen and oxygen atoms in total. The van der Waals surface area contributed by atoms with Crippen LogP contribution in [0.4, 0.5) is 4.79 Å². The normalized spacial score (nSPS) is 25.4. The largest absolute Gasteiger partial charge is 0.472 e. The number of benzene rings is 1. The van der Waals surface area contributed by atoms with E-state index in [1.165, 1.54) is 12.0 Å². The van der Waals surface area contributed by atoms with Gasteiger partial charge in [-0.15, -0.1) is 6.58 Å². The first-order valence-electron chi connectivity index (χ1n) is 12.2. The Morgan fingerprint density at radius 2 is 2.00 bits per heavy atom. The highest BCUT2D eigenvalue weighted by Gasteiger charge is 2.61. The number of nitrogens with zero attached hydrogens (tertiary/aromatic N) is 2. The van der Waals surface area contributed by atoms with Crippen molar-refractivity contribution in [2.24, 2.45) is 11.3 Å². The second kappa shape index (κ2) is 9.56. The summed E-state index contributed by atoms with van der Waals surface area (Å²) >= 11 is 0. The molecule has 1 saturated carbocycles. The number of methoxy groups -OCH3 is 1. The van der Waals surface area contributed by atoms with Gasteiger partial charge in [-0.05, 0) is 57.6 Å². The number of aryl methyl sites for hydroxylation is 1. The Morgan fingerprint density at radius 3 is 2.64 bits per heavy atom. The molecular weight excluding hydrogens is 460 g/mol. The number of Topliss-reactive ketones (excluding diaryl/α,β-unsaturated/α-hetero) is 1. The van der Waals surface area contributed by atoms with Gasteiger partial charge in [0.1, 0.15) is 11.7 Å². The number of allylic oxidation sites excluding steroid dienone is 1. The van der Waals surface area contributed by atoms with Crippen LogP contribution in [0.3, 0.4) is 0 Å². The van der Waals surface area contributed by atoms with Crippen LogP contribution in [-0.4, -0.2) is 59.1 Å². The number of amides is 1.